The molecule has 0 fully saturated rings. The lowest BCUT2D eigenvalue weighted by molar-refractivity contribution is 1.28. The Hall–Kier alpha value is -1.12. The van der Waals surface area contributed by atoms with Crippen LogP contribution in [-0.2, 0) is 10.7 Å². The van der Waals surface area contributed by atoms with Crippen LogP contribution < -0.4 is 0 Å². The van der Waals surface area contributed by atoms with Crippen LogP contribution >= 0.6 is 31.9 Å². The summed E-state index contributed by atoms with van der Waals surface area (Å²) in [4.78, 5) is 0. The Labute approximate surface area is 149 Å². The van der Waals surface area contributed by atoms with Crippen LogP contribution in [0, 0.1) is 13.8 Å². The molecule has 0 bridgehead atoms. The summed E-state index contributed by atoms with van der Waals surface area (Å²) >= 11 is 6.92. The molecule has 114 valence electrons. The molecule has 22 heavy (non-hydrogen) atoms. The normalized spacial score (nSPS) is 10.2. The summed E-state index contributed by atoms with van der Waals surface area (Å²) in [5, 5.41) is 4.54. The number of benzene rings is 3. The molecule has 2 heteroatoms. The van der Waals surface area contributed by atoms with Gasteiger partial charge in [-0.2, -0.15) is 0 Å². The number of halogens is 2. The molecule has 0 amide bonds. The van der Waals surface area contributed by atoms with Crippen LogP contribution in [0.3, 0.4) is 0 Å². The van der Waals surface area contributed by atoms with E-state index in [9.17, 15) is 0 Å². The summed E-state index contributed by atoms with van der Waals surface area (Å²) < 4.78 is 0. The van der Waals surface area contributed by atoms with Crippen molar-refractivity contribution in [2.75, 3.05) is 0 Å². The lowest BCUT2D eigenvalue weighted by Gasteiger charge is -2.01. The Bertz CT molecular complexity index is 742. The van der Waals surface area contributed by atoms with Gasteiger partial charge in [0.2, 0.25) is 0 Å². The minimum Gasteiger partial charge on any atom is -0.0876 e. The van der Waals surface area contributed by atoms with E-state index in [4.69, 9.17) is 0 Å². The fourth-order valence-electron chi connectivity index (χ4n) is 2.35. The average molecular weight is 420 g/mol. The van der Waals surface area contributed by atoms with Gasteiger partial charge in [-0.05, 0) is 41.3 Å². The van der Waals surface area contributed by atoms with Crippen molar-refractivity contribution in [3.8, 4) is 0 Å². The van der Waals surface area contributed by atoms with Crippen molar-refractivity contribution < 1.29 is 0 Å². The van der Waals surface area contributed by atoms with Crippen LogP contribution in [0.15, 0.2) is 60.7 Å². The Balaban J connectivity index is 0.000000164. The first kappa shape index (κ1) is 17.2. The van der Waals surface area contributed by atoms with E-state index in [0.29, 0.717) is 0 Å². The Kier molecular flexibility index (Phi) is 6.66. The van der Waals surface area contributed by atoms with Gasteiger partial charge in [0.15, 0.2) is 0 Å². The number of rotatable bonds is 2. The van der Waals surface area contributed by atoms with Crippen molar-refractivity contribution in [1.82, 2.24) is 0 Å². The van der Waals surface area contributed by atoms with Gasteiger partial charge in [0.05, 0.1) is 0 Å². The fraction of sp³-hybridized carbons (Fsp3) is 0.200. The van der Waals surface area contributed by atoms with Crippen LogP contribution in [0.25, 0.3) is 10.8 Å². The van der Waals surface area contributed by atoms with E-state index in [0.717, 1.165) is 10.7 Å². The van der Waals surface area contributed by atoms with Crippen molar-refractivity contribution >= 4 is 42.6 Å². The van der Waals surface area contributed by atoms with Gasteiger partial charge in [-0.3, -0.25) is 0 Å². The van der Waals surface area contributed by atoms with E-state index in [1.807, 2.05) is 0 Å². The second kappa shape index (κ2) is 8.50. The predicted molar refractivity (Wildman–Crippen MR) is 105 cm³/mol. The van der Waals surface area contributed by atoms with Crippen molar-refractivity contribution in [2.45, 2.75) is 24.5 Å². The van der Waals surface area contributed by atoms with Gasteiger partial charge in [-0.1, -0.05) is 98.1 Å². The maximum Gasteiger partial charge on any atom is 0.0289 e. The van der Waals surface area contributed by atoms with Crippen LogP contribution in [0.2, 0.25) is 0 Å². The molecule has 3 rings (SSSR count). The molecule has 0 spiro atoms. The summed E-state index contributed by atoms with van der Waals surface area (Å²) in [6.45, 7) is 4.25. The second-order valence-electron chi connectivity index (χ2n) is 5.34. The van der Waals surface area contributed by atoms with Crippen molar-refractivity contribution in [3.05, 3.63) is 82.9 Å². The number of hydrogen-bond donors (Lipinski definition) is 0. The molecule has 0 aliphatic rings. The van der Waals surface area contributed by atoms with Crippen LogP contribution in [0.1, 0.15) is 22.3 Å². The zero-order valence-corrected chi connectivity index (χ0v) is 16.1. The van der Waals surface area contributed by atoms with E-state index in [1.54, 1.807) is 0 Å². The molecule has 0 aromatic heterocycles. The Morgan fingerprint density at radius 3 is 2.09 bits per heavy atom. The fourth-order valence-corrected chi connectivity index (χ4v) is 3.45. The van der Waals surface area contributed by atoms with Crippen LogP contribution in [0.5, 0.6) is 0 Å². The zero-order chi connectivity index (χ0) is 15.9. The molecule has 0 aliphatic heterocycles. The van der Waals surface area contributed by atoms with Gasteiger partial charge in [-0.15, -0.1) is 0 Å². The topological polar surface area (TPSA) is 0 Å². The highest BCUT2D eigenvalue weighted by molar-refractivity contribution is 9.08. The molecule has 0 unspecified atom stereocenters. The summed E-state index contributed by atoms with van der Waals surface area (Å²) in [5.41, 5.74) is 5.44. The van der Waals surface area contributed by atoms with Gasteiger partial charge >= 0.3 is 0 Å². The molecule has 0 atom stereocenters. The lowest BCUT2D eigenvalue weighted by atomic mass is 10.1. The summed E-state index contributed by atoms with van der Waals surface area (Å²) in [6, 6.07) is 21.3. The highest BCUT2D eigenvalue weighted by atomic mass is 79.9. The van der Waals surface area contributed by atoms with Crippen LogP contribution in [0.4, 0.5) is 0 Å². The van der Waals surface area contributed by atoms with E-state index in [1.165, 1.54) is 33.0 Å². The summed E-state index contributed by atoms with van der Waals surface area (Å²) in [5.74, 6) is 0. The largest absolute Gasteiger partial charge is 0.0876 e. The lowest BCUT2D eigenvalue weighted by Crippen LogP contribution is -1.84. The molecule has 0 radical (unpaired) electrons. The smallest absolute Gasteiger partial charge is 0.0289 e. The van der Waals surface area contributed by atoms with E-state index in [-0.39, 0.29) is 0 Å². The second-order valence-corrected chi connectivity index (χ2v) is 6.46. The van der Waals surface area contributed by atoms with E-state index in [2.05, 4.69) is 106 Å². The summed E-state index contributed by atoms with van der Waals surface area (Å²) in [7, 11) is 0. The maximum atomic E-state index is 3.48. The Morgan fingerprint density at radius 2 is 1.41 bits per heavy atom. The molecule has 3 aromatic rings. The minimum atomic E-state index is 0.925. The third-order valence-electron chi connectivity index (χ3n) is 3.67. The van der Waals surface area contributed by atoms with Gasteiger partial charge in [0.25, 0.3) is 0 Å². The molecule has 0 aliphatic carbocycles. The van der Waals surface area contributed by atoms with Crippen LogP contribution in [-0.4, -0.2) is 0 Å². The third kappa shape index (κ3) is 4.44. The molecular weight excluding hydrogens is 400 g/mol. The highest BCUT2D eigenvalue weighted by Crippen LogP contribution is 2.20. The SMILES string of the molecule is BrCc1cccc2ccccc12.Cc1ccc(C)c(CBr)c1. The van der Waals surface area contributed by atoms with Gasteiger partial charge in [-0.25, -0.2) is 0 Å². The highest BCUT2D eigenvalue weighted by Gasteiger charge is 1.96. The number of aryl methyl sites for hydroxylation is 2. The Morgan fingerprint density at radius 1 is 0.727 bits per heavy atom. The summed E-state index contributed by atoms with van der Waals surface area (Å²) in [6.07, 6.45) is 0. The molecular formula is C20H20Br2. The first-order chi connectivity index (χ1) is 10.7. The maximum absolute atomic E-state index is 3.48. The molecule has 0 saturated carbocycles. The average Bonchev–Trinajstić information content (AvgIpc) is 2.57. The van der Waals surface area contributed by atoms with Gasteiger partial charge < -0.3 is 0 Å². The molecule has 0 N–H and O–H groups in total. The molecule has 0 saturated heterocycles. The number of fused-ring (bicyclic) bond motifs is 1. The standard InChI is InChI=1S/C11H9Br.C9H11Br/c12-8-10-6-3-5-9-4-1-2-7-11(9)10;1-7-3-4-8(2)9(5-7)6-10/h1-7H,8H2;3-5H,6H2,1-2H3. The van der Waals surface area contributed by atoms with Crippen molar-refractivity contribution in [1.29, 1.82) is 0 Å². The number of hydrogen-bond acceptors (Lipinski definition) is 0. The van der Waals surface area contributed by atoms with E-state index >= 15 is 0 Å². The molecule has 0 nitrogen and oxygen atoms in total. The molecule has 0 heterocycles. The first-order valence-corrected chi connectivity index (χ1v) is 9.54. The zero-order valence-electron chi connectivity index (χ0n) is 12.9. The first-order valence-electron chi connectivity index (χ1n) is 7.30. The number of alkyl halides is 2. The van der Waals surface area contributed by atoms with Gasteiger partial charge in [0, 0.05) is 10.7 Å². The predicted octanol–water partition coefficient (Wildman–Crippen LogP) is 6.93. The van der Waals surface area contributed by atoms with Crippen molar-refractivity contribution in [2.24, 2.45) is 0 Å². The monoisotopic (exact) mass is 418 g/mol. The van der Waals surface area contributed by atoms with Crippen molar-refractivity contribution in [3.63, 3.8) is 0 Å². The quantitative estimate of drug-likeness (QED) is 0.395. The third-order valence-corrected chi connectivity index (χ3v) is 4.88. The molecule has 3 aromatic carbocycles. The minimum absolute atomic E-state index is 0.925. The van der Waals surface area contributed by atoms with Gasteiger partial charge in [0.1, 0.15) is 0 Å². The van der Waals surface area contributed by atoms with E-state index < -0.39 is 0 Å².